The van der Waals surface area contributed by atoms with Gasteiger partial charge in [-0.3, -0.25) is 4.79 Å². The first-order valence-corrected chi connectivity index (χ1v) is 6.99. The number of rotatable bonds is 4. The fraction of sp³-hybridized carbons (Fsp3) is 0.154. The van der Waals surface area contributed by atoms with Crippen molar-refractivity contribution >= 4 is 40.2 Å². The zero-order valence-corrected chi connectivity index (χ0v) is 11.8. The smallest absolute Gasteiger partial charge is 0.260 e. The molecule has 0 saturated carbocycles. The molecule has 0 atom stereocenters. The molecule has 1 aromatic heterocycles. The van der Waals surface area contributed by atoms with E-state index >= 15 is 0 Å². The summed E-state index contributed by atoms with van der Waals surface area (Å²) in [5, 5.41) is 6.81. The molecule has 19 heavy (non-hydrogen) atoms. The molecular weight excluding hydrogens is 284 g/mol. The summed E-state index contributed by atoms with van der Waals surface area (Å²) in [6, 6.07) is 4.93. The van der Waals surface area contributed by atoms with Gasteiger partial charge >= 0.3 is 0 Å². The number of carbonyl (C=O) groups is 1. The molecule has 2 rings (SSSR count). The van der Waals surface area contributed by atoms with Crippen LogP contribution in [0.2, 0.25) is 5.02 Å². The molecule has 0 fully saturated rings. The lowest BCUT2D eigenvalue weighted by molar-refractivity contribution is 0.102. The third kappa shape index (κ3) is 3.19. The lowest BCUT2D eigenvalue weighted by Crippen LogP contribution is -2.13. The Balaban J connectivity index is 2.18. The topological polar surface area (TPSA) is 64.3 Å². The fourth-order valence-electron chi connectivity index (χ4n) is 1.56. The van der Waals surface area contributed by atoms with E-state index in [9.17, 15) is 4.79 Å². The van der Waals surface area contributed by atoms with Crippen LogP contribution >= 0.6 is 22.9 Å². The number of anilines is 2. The van der Waals surface area contributed by atoms with Crippen molar-refractivity contribution in [2.45, 2.75) is 6.92 Å². The minimum atomic E-state index is -0.251. The highest BCUT2D eigenvalue weighted by molar-refractivity contribution is 7.08. The zero-order chi connectivity index (χ0) is 13.8. The van der Waals surface area contributed by atoms with Gasteiger partial charge in [-0.05, 0) is 25.1 Å². The summed E-state index contributed by atoms with van der Waals surface area (Å²) >= 11 is 7.22. The summed E-state index contributed by atoms with van der Waals surface area (Å²) in [7, 11) is 0. The molecule has 3 N–H and O–H groups in total. The second kappa shape index (κ2) is 5.95. The van der Waals surface area contributed by atoms with E-state index in [2.05, 4.69) is 5.32 Å². The molecule has 2 aromatic rings. The van der Waals surface area contributed by atoms with Crippen molar-refractivity contribution in [1.82, 2.24) is 0 Å². The molecule has 0 aliphatic rings. The number of nitrogens with two attached hydrogens (primary N) is 1. The first-order chi connectivity index (χ1) is 9.11. The van der Waals surface area contributed by atoms with Crippen LogP contribution in [0.15, 0.2) is 29.0 Å². The number of carbonyl (C=O) groups excluding carboxylic acids is 1. The highest BCUT2D eigenvalue weighted by Gasteiger charge is 2.14. The highest BCUT2D eigenvalue weighted by Crippen LogP contribution is 2.27. The zero-order valence-electron chi connectivity index (χ0n) is 10.3. The van der Waals surface area contributed by atoms with Gasteiger partial charge in [0.05, 0.1) is 23.5 Å². The molecule has 1 amide bonds. The fourth-order valence-corrected chi connectivity index (χ4v) is 2.48. The lowest BCUT2D eigenvalue weighted by Gasteiger charge is -2.09. The quantitative estimate of drug-likeness (QED) is 0.847. The van der Waals surface area contributed by atoms with E-state index in [1.807, 2.05) is 6.92 Å². The van der Waals surface area contributed by atoms with Crippen molar-refractivity contribution in [3.05, 3.63) is 39.5 Å². The van der Waals surface area contributed by atoms with Crippen LogP contribution in [-0.2, 0) is 0 Å². The molecule has 1 heterocycles. The molecule has 0 bridgehead atoms. The van der Waals surface area contributed by atoms with Crippen LogP contribution in [0.3, 0.4) is 0 Å². The van der Waals surface area contributed by atoms with Gasteiger partial charge in [-0.2, -0.15) is 0 Å². The first kappa shape index (κ1) is 13.7. The van der Waals surface area contributed by atoms with Gasteiger partial charge in [0.2, 0.25) is 0 Å². The van der Waals surface area contributed by atoms with Crippen molar-refractivity contribution in [1.29, 1.82) is 0 Å². The Labute approximate surface area is 120 Å². The Bertz CT molecular complexity index is 598. The second-order valence-corrected chi connectivity index (χ2v) is 4.95. The van der Waals surface area contributed by atoms with Crippen molar-refractivity contribution in [3.8, 4) is 5.75 Å². The maximum absolute atomic E-state index is 12.1. The maximum atomic E-state index is 12.1. The number of hydrogen-bond donors (Lipinski definition) is 2. The van der Waals surface area contributed by atoms with Gasteiger partial charge in [0.15, 0.2) is 0 Å². The Morgan fingerprint density at radius 3 is 2.95 bits per heavy atom. The van der Waals surface area contributed by atoms with Crippen LogP contribution in [0.25, 0.3) is 0 Å². The van der Waals surface area contributed by atoms with E-state index in [-0.39, 0.29) is 5.91 Å². The SMILES string of the molecule is CCOc1cscc1C(=O)Nc1ccc(Cl)cc1N. The summed E-state index contributed by atoms with van der Waals surface area (Å²) < 4.78 is 5.38. The van der Waals surface area contributed by atoms with Crippen molar-refractivity contribution < 1.29 is 9.53 Å². The largest absolute Gasteiger partial charge is 0.492 e. The van der Waals surface area contributed by atoms with Crippen molar-refractivity contribution in [3.63, 3.8) is 0 Å². The number of thiophene rings is 1. The standard InChI is InChI=1S/C13H13ClN2O2S/c1-2-18-12-7-19-6-9(12)13(17)16-11-4-3-8(14)5-10(11)15/h3-7H,2,15H2,1H3,(H,16,17). The number of nitrogens with one attached hydrogen (secondary N) is 1. The van der Waals surface area contributed by atoms with E-state index < -0.39 is 0 Å². The number of benzene rings is 1. The Morgan fingerprint density at radius 2 is 2.26 bits per heavy atom. The number of ether oxygens (including phenoxy) is 1. The summed E-state index contributed by atoms with van der Waals surface area (Å²) in [6.07, 6.45) is 0. The van der Waals surface area contributed by atoms with Gasteiger partial charge in [-0.25, -0.2) is 0 Å². The molecule has 0 unspecified atom stereocenters. The molecule has 1 aromatic carbocycles. The van der Waals surface area contributed by atoms with E-state index in [0.29, 0.717) is 34.3 Å². The number of hydrogen-bond acceptors (Lipinski definition) is 4. The molecular formula is C13H13ClN2O2S. The average molecular weight is 297 g/mol. The molecule has 0 aliphatic carbocycles. The molecule has 4 nitrogen and oxygen atoms in total. The van der Waals surface area contributed by atoms with Crippen LogP contribution in [0, 0.1) is 0 Å². The Kier molecular flexibility index (Phi) is 4.29. The van der Waals surface area contributed by atoms with Gasteiger partial charge in [-0.15, -0.1) is 11.3 Å². The third-order valence-corrected chi connectivity index (χ3v) is 3.39. The molecule has 0 spiro atoms. The van der Waals surface area contributed by atoms with E-state index in [4.69, 9.17) is 22.1 Å². The van der Waals surface area contributed by atoms with E-state index in [1.165, 1.54) is 11.3 Å². The lowest BCUT2D eigenvalue weighted by atomic mass is 10.2. The van der Waals surface area contributed by atoms with Crippen molar-refractivity contribution in [2.75, 3.05) is 17.7 Å². The number of nitrogen functional groups attached to an aromatic ring is 1. The van der Waals surface area contributed by atoms with Crippen LogP contribution < -0.4 is 15.8 Å². The number of halogens is 1. The summed E-state index contributed by atoms with van der Waals surface area (Å²) in [5.74, 6) is 0.330. The average Bonchev–Trinajstić information content (AvgIpc) is 2.81. The van der Waals surface area contributed by atoms with Crippen LogP contribution in [0.4, 0.5) is 11.4 Å². The Hall–Kier alpha value is -1.72. The van der Waals surface area contributed by atoms with Gasteiger partial charge in [-0.1, -0.05) is 11.6 Å². The van der Waals surface area contributed by atoms with Crippen LogP contribution in [-0.4, -0.2) is 12.5 Å². The minimum absolute atomic E-state index is 0.251. The van der Waals surface area contributed by atoms with Crippen molar-refractivity contribution in [2.24, 2.45) is 0 Å². The first-order valence-electron chi connectivity index (χ1n) is 5.67. The monoisotopic (exact) mass is 296 g/mol. The third-order valence-electron chi connectivity index (χ3n) is 2.43. The second-order valence-electron chi connectivity index (χ2n) is 3.77. The number of amides is 1. The highest BCUT2D eigenvalue weighted by atomic mass is 35.5. The predicted molar refractivity (Wildman–Crippen MR) is 79.3 cm³/mol. The van der Waals surface area contributed by atoms with Gasteiger partial charge < -0.3 is 15.8 Å². The molecule has 6 heteroatoms. The molecule has 0 aliphatic heterocycles. The Morgan fingerprint density at radius 1 is 1.47 bits per heavy atom. The molecule has 0 saturated heterocycles. The van der Waals surface area contributed by atoms with Gasteiger partial charge in [0.1, 0.15) is 5.75 Å². The van der Waals surface area contributed by atoms with Crippen LogP contribution in [0.1, 0.15) is 17.3 Å². The van der Waals surface area contributed by atoms with Gasteiger partial charge in [0, 0.05) is 15.8 Å². The molecule has 100 valence electrons. The van der Waals surface area contributed by atoms with E-state index in [0.717, 1.165) is 0 Å². The van der Waals surface area contributed by atoms with Crippen LogP contribution in [0.5, 0.6) is 5.75 Å². The summed E-state index contributed by atoms with van der Waals surface area (Å²) in [4.78, 5) is 12.1. The summed E-state index contributed by atoms with van der Waals surface area (Å²) in [6.45, 7) is 2.39. The molecule has 0 radical (unpaired) electrons. The maximum Gasteiger partial charge on any atom is 0.260 e. The van der Waals surface area contributed by atoms with Gasteiger partial charge in [0.25, 0.3) is 5.91 Å². The minimum Gasteiger partial charge on any atom is -0.492 e. The predicted octanol–water partition coefficient (Wildman–Crippen LogP) is 3.63. The normalized spacial score (nSPS) is 10.2. The van der Waals surface area contributed by atoms with E-state index in [1.54, 1.807) is 29.0 Å². The summed E-state index contributed by atoms with van der Waals surface area (Å²) in [5.41, 5.74) is 7.25.